The second-order valence-corrected chi connectivity index (χ2v) is 7.78. The minimum atomic E-state index is -0.600. The van der Waals surface area contributed by atoms with Crippen LogP contribution in [0, 0.1) is 13.8 Å². The molecule has 1 aromatic carbocycles. The molecule has 0 radical (unpaired) electrons. The molecule has 2 aromatic rings. The molecule has 2 aliphatic rings. The minimum absolute atomic E-state index is 0.204. The molecule has 0 saturated carbocycles. The lowest BCUT2D eigenvalue weighted by molar-refractivity contribution is -0.682. The largest absolute Gasteiger partial charge is 0.402 e. The summed E-state index contributed by atoms with van der Waals surface area (Å²) >= 11 is 0. The Morgan fingerprint density at radius 3 is 2.52 bits per heavy atom. The molecule has 7 nitrogen and oxygen atoms in total. The van der Waals surface area contributed by atoms with Gasteiger partial charge in [-0.25, -0.2) is 13.9 Å². The maximum absolute atomic E-state index is 13.3. The van der Waals surface area contributed by atoms with Crippen molar-refractivity contribution in [3.05, 3.63) is 53.4 Å². The highest BCUT2D eigenvalue weighted by molar-refractivity contribution is 6.19. The fourth-order valence-electron chi connectivity index (χ4n) is 4.11. The summed E-state index contributed by atoms with van der Waals surface area (Å²) < 4.78 is 4.08. The predicted molar refractivity (Wildman–Crippen MR) is 111 cm³/mol. The molecule has 4 rings (SSSR count). The molecule has 0 aliphatic carbocycles. The van der Waals surface area contributed by atoms with Gasteiger partial charge in [-0.1, -0.05) is 47.5 Å². The van der Waals surface area contributed by atoms with E-state index in [0.29, 0.717) is 5.84 Å². The number of aliphatic imine (C=N–C) groups is 1. The summed E-state index contributed by atoms with van der Waals surface area (Å²) in [4.78, 5) is 33.7. The first-order valence-corrected chi connectivity index (χ1v) is 9.85. The Hall–Kier alpha value is -3.22. The van der Waals surface area contributed by atoms with Crippen molar-refractivity contribution in [2.24, 2.45) is 4.99 Å². The first kappa shape index (κ1) is 19.1. The number of imidazole rings is 1. The lowest BCUT2D eigenvalue weighted by Gasteiger charge is -2.32. The van der Waals surface area contributed by atoms with E-state index in [4.69, 9.17) is 4.99 Å². The zero-order valence-electron chi connectivity index (χ0n) is 17.5. The summed E-state index contributed by atoms with van der Waals surface area (Å²) in [5.74, 6) is 0.984. The van der Waals surface area contributed by atoms with Gasteiger partial charge in [-0.3, -0.25) is 14.6 Å². The number of carbonyl (C=O) groups excluding carboxylic acids is 2. The van der Waals surface area contributed by atoms with Gasteiger partial charge in [0.25, 0.3) is 5.91 Å². The summed E-state index contributed by atoms with van der Waals surface area (Å²) in [6.07, 6.45) is 3.76. The van der Waals surface area contributed by atoms with Crippen molar-refractivity contribution < 1.29 is 14.2 Å². The van der Waals surface area contributed by atoms with E-state index in [1.165, 1.54) is 9.80 Å². The van der Waals surface area contributed by atoms with Gasteiger partial charge in [0.2, 0.25) is 11.9 Å². The van der Waals surface area contributed by atoms with Crippen LogP contribution >= 0.6 is 0 Å². The average Bonchev–Trinajstić information content (AvgIpc) is 3.19. The number of amides is 3. The van der Waals surface area contributed by atoms with Crippen LogP contribution in [0.25, 0.3) is 6.08 Å². The van der Waals surface area contributed by atoms with E-state index < -0.39 is 6.04 Å². The molecule has 1 aromatic heterocycles. The minimum Gasteiger partial charge on any atom is -0.270 e. The number of rotatable bonds is 4. The Balaban J connectivity index is 1.68. The van der Waals surface area contributed by atoms with Crippen LogP contribution < -0.4 is 4.57 Å². The molecule has 0 spiro atoms. The van der Waals surface area contributed by atoms with Gasteiger partial charge in [-0.15, -0.1) is 0 Å². The molecule has 1 unspecified atom stereocenters. The lowest BCUT2D eigenvalue weighted by Crippen LogP contribution is -2.63. The van der Waals surface area contributed by atoms with E-state index >= 15 is 0 Å². The van der Waals surface area contributed by atoms with Crippen molar-refractivity contribution in [3.63, 3.8) is 0 Å². The number of hydrogen-bond donors (Lipinski definition) is 0. The Labute approximate surface area is 170 Å². The number of benzene rings is 1. The van der Waals surface area contributed by atoms with E-state index in [0.717, 1.165) is 22.9 Å². The van der Waals surface area contributed by atoms with E-state index in [1.807, 2.05) is 60.9 Å². The molecule has 7 heteroatoms. The number of amidine groups is 1. The molecule has 1 fully saturated rings. The maximum atomic E-state index is 13.3. The van der Waals surface area contributed by atoms with Gasteiger partial charge in [0.1, 0.15) is 11.4 Å². The van der Waals surface area contributed by atoms with E-state index in [-0.39, 0.29) is 24.5 Å². The first-order chi connectivity index (χ1) is 13.8. The van der Waals surface area contributed by atoms with E-state index in [2.05, 4.69) is 18.4 Å². The van der Waals surface area contributed by atoms with Gasteiger partial charge in [-0.2, -0.15) is 0 Å². The Morgan fingerprint density at radius 2 is 1.86 bits per heavy atom. The third kappa shape index (κ3) is 2.88. The standard InChI is InChI=1S/C22H26N5O2/c1-14(2)26-15(3)16(4)27-18-19(23-21(26)27)24(5)22(29)25(20(18)28)13-9-12-17-10-7-6-8-11-17/h6-12,14,18H,13H2,1-5H3/q+1/b12-9+. The molecule has 0 bridgehead atoms. The zero-order chi connectivity index (χ0) is 20.9. The van der Waals surface area contributed by atoms with Crippen LogP contribution in [0.4, 0.5) is 10.7 Å². The second kappa shape index (κ2) is 6.99. The SMILES string of the molecule is Cc1c(C)[n+]2c(n1C(C)C)N=C1C2C(=O)N(C/C=C/c2ccccc2)C(=O)N1C. The van der Waals surface area contributed by atoms with Crippen molar-refractivity contribution in [3.8, 4) is 0 Å². The maximum Gasteiger partial charge on any atom is 0.402 e. The molecule has 1 saturated heterocycles. The van der Waals surface area contributed by atoms with Crippen molar-refractivity contribution in [1.82, 2.24) is 14.4 Å². The van der Waals surface area contributed by atoms with Gasteiger partial charge in [0, 0.05) is 13.6 Å². The molecule has 29 heavy (non-hydrogen) atoms. The monoisotopic (exact) mass is 392 g/mol. The van der Waals surface area contributed by atoms with Crippen LogP contribution in [0.3, 0.4) is 0 Å². The van der Waals surface area contributed by atoms with Crippen molar-refractivity contribution >= 4 is 29.8 Å². The molecule has 0 N–H and O–H groups in total. The highest BCUT2D eigenvalue weighted by Gasteiger charge is 2.54. The van der Waals surface area contributed by atoms with E-state index in [1.54, 1.807) is 7.05 Å². The summed E-state index contributed by atoms with van der Waals surface area (Å²) in [7, 11) is 1.68. The van der Waals surface area contributed by atoms with Gasteiger partial charge < -0.3 is 0 Å². The molecular weight excluding hydrogens is 366 g/mol. The number of likely N-dealkylation sites (N-methyl/N-ethyl adjacent to an activating group) is 1. The van der Waals surface area contributed by atoms with Crippen LogP contribution in [0.1, 0.15) is 42.9 Å². The highest BCUT2D eigenvalue weighted by atomic mass is 16.2. The second-order valence-electron chi connectivity index (χ2n) is 7.78. The smallest absolute Gasteiger partial charge is 0.270 e. The zero-order valence-corrected chi connectivity index (χ0v) is 17.5. The van der Waals surface area contributed by atoms with Crippen molar-refractivity contribution in [2.45, 2.75) is 39.8 Å². The van der Waals surface area contributed by atoms with Gasteiger partial charge in [0.05, 0.1) is 6.04 Å². The first-order valence-electron chi connectivity index (χ1n) is 9.85. The summed E-state index contributed by atoms with van der Waals surface area (Å²) in [6, 6.07) is 9.07. The number of carbonyl (C=O) groups is 2. The van der Waals surface area contributed by atoms with Crippen LogP contribution in [-0.4, -0.2) is 45.7 Å². The third-order valence-electron chi connectivity index (χ3n) is 5.67. The summed E-state index contributed by atoms with van der Waals surface area (Å²) in [6.45, 7) is 8.44. The quantitative estimate of drug-likeness (QED) is 0.751. The fraction of sp³-hybridized carbons (Fsp3) is 0.364. The molecule has 150 valence electrons. The normalized spacial score (nSPS) is 18.7. The van der Waals surface area contributed by atoms with Gasteiger partial charge in [0.15, 0.2) is 0 Å². The van der Waals surface area contributed by atoms with E-state index in [9.17, 15) is 9.59 Å². The van der Waals surface area contributed by atoms with Crippen molar-refractivity contribution in [1.29, 1.82) is 0 Å². The van der Waals surface area contributed by atoms with Crippen LogP contribution in [0.5, 0.6) is 0 Å². The Kier molecular flexibility index (Phi) is 4.61. The number of imide groups is 1. The number of nitrogens with zero attached hydrogens (tertiary/aromatic N) is 5. The molecule has 1 atom stereocenters. The Bertz CT molecular complexity index is 1050. The summed E-state index contributed by atoms with van der Waals surface area (Å²) in [5, 5.41) is 0. The summed E-state index contributed by atoms with van der Waals surface area (Å²) in [5.41, 5.74) is 3.10. The molecule has 3 amide bonds. The van der Waals surface area contributed by atoms with Crippen LogP contribution in [0.15, 0.2) is 41.4 Å². The average molecular weight is 392 g/mol. The molecule has 2 aliphatic heterocycles. The Morgan fingerprint density at radius 1 is 1.17 bits per heavy atom. The lowest BCUT2D eigenvalue weighted by atomic mass is 10.1. The number of urea groups is 1. The number of fused-ring (bicyclic) bond motifs is 3. The van der Waals surface area contributed by atoms with Gasteiger partial charge >= 0.3 is 12.0 Å². The number of hydrogen-bond acceptors (Lipinski definition) is 3. The van der Waals surface area contributed by atoms with Crippen molar-refractivity contribution in [2.75, 3.05) is 13.6 Å². The molecule has 3 heterocycles. The molecular formula is C22H26N5O2+. The van der Waals surface area contributed by atoms with Crippen LogP contribution in [0.2, 0.25) is 0 Å². The predicted octanol–water partition coefficient (Wildman–Crippen LogP) is 3.17. The third-order valence-corrected chi connectivity index (χ3v) is 5.67. The van der Waals surface area contributed by atoms with Gasteiger partial charge in [-0.05, 0) is 33.3 Å². The van der Waals surface area contributed by atoms with Crippen LogP contribution in [-0.2, 0) is 4.79 Å². The number of aromatic nitrogens is 2. The highest BCUT2D eigenvalue weighted by Crippen LogP contribution is 2.32. The fourth-order valence-corrected chi connectivity index (χ4v) is 4.11. The topological polar surface area (TPSA) is 61.8 Å².